The molecule has 0 saturated heterocycles. The van der Waals surface area contributed by atoms with Crippen molar-refractivity contribution in [3.05, 3.63) is 46.2 Å². The van der Waals surface area contributed by atoms with Gasteiger partial charge in [0.05, 0.1) is 18.6 Å². The van der Waals surface area contributed by atoms with Crippen molar-refractivity contribution in [2.75, 3.05) is 13.3 Å². The lowest BCUT2D eigenvalue weighted by Crippen LogP contribution is -2.49. The second-order valence-corrected chi connectivity index (χ2v) is 8.44. The number of ether oxygens (including phenoxy) is 2. The number of hydrogen-bond donors (Lipinski definition) is 3. The van der Waals surface area contributed by atoms with Gasteiger partial charge in [-0.05, 0) is 42.0 Å². The molecule has 0 bridgehead atoms. The van der Waals surface area contributed by atoms with Crippen molar-refractivity contribution in [2.24, 2.45) is 5.92 Å². The van der Waals surface area contributed by atoms with Crippen LogP contribution in [0.2, 0.25) is 0 Å². The highest BCUT2D eigenvalue weighted by atomic mass is 32.1. The van der Waals surface area contributed by atoms with Crippen LogP contribution in [0.5, 0.6) is 11.5 Å². The van der Waals surface area contributed by atoms with Gasteiger partial charge in [-0.2, -0.15) is 0 Å². The number of hydrogen-bond acceptors (Lipinski definition) is 6. The molecular formula is C21H26N2O5S. The van der Waals surface area contributed by atoms with Crippen molar-refractivity contribution < 1.29 is 24.2 Å². The SMILES string of the molecule is CC(C)CC(NC(=O)Cc1cccs1)C(O)CNC(=O)c1ccc2c(c1)OCO2. The molecule has 1 aliphatic rings. The standard InChI is InChI=1S/C21H26N2O5S/c1-13(2)8-16(23-20(25)10-15-4-3-7-29-15)17(24)11-22-21(26)14-5-6-18-19(9-14)28-12-27-18/h3-7,9,13,16-17,24H,8,10-12H2,1-2H3,(H,22,26)(H,23,25). The van der Waals surface area contributed by atoms with Crippen LogP contribution < -0.4 is 20.1 Å². The van der Waals surface area contributed by atoms with Crippen molar-refractivity contribution in [3.63, 3.8) is 0 Å². The summed E-state index contributed by atoms with van der Waals surface area (Å²) in [5.74, 6) is 0.944. The Hall–Kier alpha value is -2.58. The fraction of sp³-hybridized carbons (Fsp3) is 0.429. The minimum absolute atomic E-state index is 0.0317. The van der Waals surface area contributed by atoms with Gasteiger partial charge in [0.25, 0.3) is 5.91 Å². The Labute approximate surface area is 174 Å². The van der Waals surface area contributed by atoms with Gasteiger partial charge in [0.1, 0.15) is 0 Å². The zero-order valence-corrected chi connectivity index (χ0v) is 17.3. The molecule has 29 heavy (non-hydrogen) atoms. The Kier molecular flexibility index (Phi) is 7.11. The first-order valence-electron chi connectivity index (χ1n) is 9.60. The van der Waals surface area contributed by atoms with E-state index in [1.54, 1.807) is 18.2 Å². The smallest absolute Gasteiger partial charge is 0.251 e. The van der Waals surface area contributed by atoms with E-state index in [0.717, 1.165) is 4.88 Å². The number of carbonyl (C=O) groups excluding carboxylic acids is 2. The van der Waals surface area contributed by atoms with Gasteiger partial charge in [-0.1, -0.05) is 19.9 Å². The third kappa shape index (κ3) is 5.95. The molecule has 156 valence electrons. The van der Waals surface area contributed by atoms with Gasteiger partial charge in [0.15, 0.2) is 11.5 Å². The molecule has 2 unspecified atom stereocenters. The maximum absolute atomic E-state index is 12.4. The normalized spacial score (nSPS) is 14.5. The number of rotatable bonds is 9. The molecular weight excluding hydrogens is 392 g/mol. The topological polar surface area (TPSA) is 96.9 Å². The number of nitrogens with one attached hydrogen (secondary N) is 2. The molecule has 2 heterocycles. The molecule has 0 fully saturated rings. The third-order valence-electron chi connectivity index (χ3n) is 4.56. The van der Waals surface area contributed by atoms with E-state index in [-0.39, 0.29) is 37.5 Å². The molecule has 7 nitrogen and oxygen atoms in total. The Bertz CT molecular complexity index is 838. The number of carbonyl (C=O) groups is 2. The highest BCUT2D eigenvalue weighted by Crippen LogP contribution is 2.32. The first kappa shape index (κ1) is 21.1. The van der Waals surface area contributed by atoms with E-state index in [9.17, 15) is 14.7 Å². The van der Waals surface area contributed by atoms with Crippen molar-refractivity contribution >= 4 is 23.2 Å². The number of aliphatic hydroxyl groups excluding tert-OH is 1. The fourth-order valence-electron chi connectivity index (χ4n) is 3.13. The van der Waals surface area contributed by atoms with Crippen LogP contribution in [0.25, 0.3) is 0 Å². The predicted octanol–water partition coefficient (Wildman–Crippen LogP) is 2.34. The Morgan fingerprint density at radius 1 is 1.21 bits per heavy atom. The minimum atomic E-state index is -0.900. The second-order valence-electron chi connectivity index (χ2n) is 7.41. The van der Waals surface area contributed by atoms with E-state index < -0.39 is 12.1 Å². The Morgan fingerprint density at radius 3 is 2.72 bits per heavy atom. The molecule has 1 aromatic heterocycles. The number of amides is 2. The summed E-state index contributed by atoms with van der Waals surface area (Å²) in [7, 11) is 0. The van der Waals surface area contributed by atoms with Crippen LogP contribution in [-0.2, 0) is 11.2 Å². The van der Waals surface area contributed by atoms with Crippen molar-refractivity contribution in [1.82, 2.24) is 10.6 Å². The van der Waals surface area contributed by atoms with Crippen LogP contribution in [0.15, 0.2) is 35.7 Å². The summed E-state index contributed by atoms with van der Waals surface area (Å²) < 4.78 is 10.5. The first-order valence-corrected chi connectivity index (χ1v) is 10.5. The van der Waals surface area contributed by atoms with E-state index in [2.05, 4.69) is 10.6 Å². The predicted molar refractivity (Wildman–Crippen MR) is 110 cm³/mol. The summed E-state index contributed by atoms with van der Waals surface area (Å²) in [5.41, 5.74) is 0.420. The molecule has 0 saturated carbocycles. The van der Waals surface area contributed by atoms with Crippen molar-refractivity contribution in [1.29, 1.82) is 0 Å². The highest BCUT2D eigenvalue weighted by Gasteiger charge is 2.24. The van der Waals surface area contributed by atoms with Gasteiger partial charge in [-0.25, -0.2) is 0 Å². The number of thiophene rings is 1. The molecule has 2 aromatic rings. The summed E-state index contributed by atoms with van der Waals surface area (Å²) >= 11 is 1.52. The first-order chi connectivity index (χ1) is 13.9. The van der Waals surface area contributed by atoms with Crippen LogP contribution in [0, 0.1) is 5.92 Å². The number of aliphatic hydroxyl groups is 1. The Morgan fingerprint density at radius 2 is 2.00 bits per heavy atom. The minimum Gasteiger partial charge on any atom is -0.454 e. The summed E-state index contributed by atoms with van der Waals surface area (Å²) in [5, 5.41) is 18.2. The van der Waals surface area contributed by atoms with Gasteiger partial charge in [-0.3, -0.25) is 9.59 Å². The maximum atomic E-state index is 12.4. The average Bonchev–Trinajstić information content (AvgIpc) is 3.35. The zero-order valence-electron chi connectivity index (χ0n) is 16.5. The summed E-state index contributed by atoms with van der Waals surface area (Å²) in [4.78, 5) is 25.7. The number of fused-ring (bicyclic) bond motifs is 1. The molecule has 0 spiro atoms. The largest absolute Gasteiger partial charge is 0.454 e. The van der Waals surface area contributed by atoms with Gasteiger partial charge in [0.2, 0.25) is 12.7 Å². The van der Waals surface area contributed by atoms with Gasteiger partial charge >= 0.3 is 0 Å². The van der Waals surface area contributed by atoms with E-state index in [1.165, 1.54) is 11.3 Å². The molecule has 3 rings (SSSR count). The van der Waals surface area contributed by atoms with Gasteiger partial charge in [0, 0.05) is 17.0 Å². The van der Waals surface area contributed by atoms with E-state index in [1.807, 2.05) is 31.4 Å². The molecule has 3 N–H and O–H groups in total. The van der Waals surface area contributed by atoms with Gasteiger partial charge < -0.3 is 25.2 Å². The molecule has 0 aliphatic carbocycles. The average molecular weight is 419 g/mol. The molecule has 0 radical (unpaired) electrons. The van der Waals surface area contributed by atoms with Crippen molar-refractivity contribution in [3.8, 4) is 11.5 Å². The Balaban J connectivity index is 1.55. The molecule has 1 aliphatic heterocycles. The molecule has 2 amide bonds. The third-order valence-corrected chi connectivity index (χ3v) is 5.43. The van der Waals surface area contributed by atoms with Crippen LogP contribution >= 0.6 is 11.3 Å². The quantitative estimate of drug-likeness (QED) is 0.581. The summed E-state index contributed by atoms with van der Waals surface area (Å²) in [6, 6.07) is 8.30. The van der Waals surface area contributed by atoms with Crippen LogP contribution in [-0.4, -0.2) is 42.4 Å². The highest BCUT2D eigenvalue weighted by molar-refractivity contribution is 7.10. The summed E-state index contributed by atoms with van der Waals surface area (Å²) in [6.07, 6.45) is -0.0117. The van der Waals surface area contributed by atoms with Crippen LogP contribution in [0.1, 0.15) is 35.5 Å². The zero-order chi connectivity index (χ0) is 20.8. The lowest BCUT2D eigenvalue weighted by atomic mass is 9.98. The van der Waals surface area contributed by atoms with Crippen molar-refractivity contribution in [2.45, 2.75) is 38.8 Å². The molecule has 1 aromatic carbocycles. The lowest BCUT2D eigenvalue weighted by molar-refractivity contribution is -0.122. The number of benzene rings is 1. The fourth-order valence-corrected chi connectivity index (χ4v) is 3.83. The van der Waals surface area contributed by atoms with E-state index in [0.29, 0.717) is 23.5 Å². The van der Waals surface area contributed by atoms with Crippen LogP contribution in [0.4, 0.5) is 0 Å². The lowest BCUT2D eigenvalue weighted by Gasteiger charge is -2.26. The van der Waals surface area contributed by atoms with E-state index >= 15 is 0 Å². The van der Waals surface area contributed by atoms with Crippen LogP contribution in [0.3, 0.4) is 0 Å². The molecule has 2 atom stereocenters. The monoisotopic (exact) mass is 418 g/mol. The summed E-state index contributed by atoms with van der Waals surface area (Å²) in [6.45, 7) is 4.22. The second kappa shape index (κ2) is 9.76. The maximum Gasteiger partial charge on any atom is 0.251 e. The van der Waals surface area contributed by atoms with E-state index in [4.69, 9.17) is 9.47 Å². The van der Waals surface area contributed by atoms with Gasteiger partial charge in [-0.15, -0.1) is 11.3 Å². The molecule has 8 heteroatoms.